The van der Waals surface area contributed by atoms with E-state index >= 15 is 0 Å². The van der Waals surface area contributed by atoms with Crippen LogP contribution >= 0.6 is 0 Å². The smallest absolute Gasteiger partial charge is 0.181 e. The molecule has 0 saturated heterocycles. The third-order valence-corrected chi connectivity index (χ3v) is 2.54. The third kappa shape index (κ3) is 2.85. The molecule has 0 aromatic heterocycles. The first-order valence-corrected chi connectivity index (χ1v) is 5.54. The van der Waals surface area contributed by atoms with Crippen molar-refractivity contribution in [3.05, 3.63) is 59.9 Å². The lowest BCUT2D eigenvalue weighted by Gasteiger charge is -2.06. The van der Waals surface area contributed by atoms with Gasteiger partial charge in [0.05, 0.1) is 12.2 Å². The molecule has 0 aliphatic rings. The number of carbonyl (C=O) groups is 1. The highest BCUT2D eigenvalue weighted by Crippen LogP contribution is 2.13. The van der Waals surface area contributed by atoms with Crippen LogP contribution in [0.3, 0.4) is 0 Å². The van der Waals surface area contributed by atoms with Gasteiger partial charge in [-0.1, -0.05) is 18.2 Å². The molecule has 0 saturated carbocycles. The fraction of sp³-hybridized carbons (Fsp3) is 0.0714. The number of Topliss-reactive ketones (excluding diaryl/α,β-unsaturated/α-hetero) is 1. The van der Waals surface area contributed by atoms with E-state index < -0.39 is 5.82 Å². The summed E-state index contributed by atoms with van der Waals surface area (Å²) in [6.07, 6.45) is 0. The molecule has 0 radical (unpaired) electrons. The van der Waals surface area contributed by atoms with Crippen molar-refractivity contribution in [2.45, 2.75) is 0 Å². The first-order chi connectivity index (χ1) is 8.66. The Kier molecular flexibility index (Phi) is 3.57. The number of nitrogen functional groups attached to an aromatic ring is 1. The van der Waals surface area contributed by atoms with Crippen LogP contribution in [-0.4, -0.2) is 12.3 Å². The SMILES string of the molecule is Nc1cc(C(=O)CNc2ccccc2)ccc1F. The Labute approximate surface area is 104 Å². The van der Waals surface area contributed by atoms with Crippen molar-refractivity contribution in [3.8, 4) is 0 Å². The van der Waals surface area contributed by atoms with Crippen LogP contribution in [0.15, 0.2) is 48.5 Å². The van der Waals surface area contributed by atoms with Gasteiger partial charge >= 0.3 is 0 Å². The maximum Gasteiger partial charge on any atom is 0.181 e. The Hall–Kier alpha value is -2.36. The first kappa shape index (κ1) is 12.1. The molecule has 18 heavy (non-hydrogen) atoms. The topological polar surface area (TPSA) is 55.1 Å². The molecule has 0 heterocycles. The van der Waals surface area contributed by atoms with Gasteiger partial charge < -0.3 is 11.1 Å². The van der Waals surface area contributed by atoms with Crippen LogP contribution in [0.2, 0.25) is 0 Å². The Morgan fingerprint density at radius 1 is 1.17 bits per heavy atom. The zero-order valence-electron chi connectivity index (χ0n) is 9.69. The average Bonchev–Trinajstić information content (AvgIpc) is 2.40. The van der Waals surface area contributed by atoms with Gasteiger partial charge in [-0.25, -0.2) is 4.39 Å². The molecule has 3 nitrogen and oxygen atoms in total. The van der Waals surface area contributed by atoms with E-state index in [-0.39, 0.29) is 18.0 Å². The number of halogens is 1. The van der Waals surface area contributed by atoms with Crippen molar-refractivity contribution in [3.63, 3.8) is 0 Å². The number of carbonyl (C=O) groups excluding carboxylic acids is 1. The Morgan fingerprint density at radius 2 is 1.89 bits per heavy atom. The van der Waals surface area contributed by atoms with Crippen molar-refractivity contribution in [1.29, 1.82) is 0 Å². The number of para-hydroxylation sites is 1. The highest BCUT2D eigenvalue weighted by molar-refractivity contribution is 5.99. The molecule has 2 aromatic carbocycles. The highest BCUT2D eigenvalue weighted by atomic mass is 19.1. The van der Waals surface area contributed by atoms with E-state index in [1.807, 2.05) is 30.3 Å². The Balaban J connectivity index is 2.02. The number of rotatable bonds is 4. The minimum Gasteiger partial charge on any atom is -0.396 e. The van der Waals surface area contributed by atoms with Crippen molar-refractivity contribution in [2.24, 2.45) is 0 Å². The molecule has 0 aliphatic heterocycles. The highest BCUT2D eigenvalue weighted by Gasteiger charge is 2.07. The van der Waals surface area contributed by atoms with Gasteiger partial charge in [0.2, 0.25) is 0 Å². The minimum absolute atomic E-state index is 0.0134. The molecule has 0 aliphatic carbocycles. The van der Waals surface area contributed by atoms with E-state index in [1.165, 1.54) is 18.2 Å². The predicted molar refractivity (Wildman–Crippen MR) is 70.1 cm³/mol. The molecule has 3 N–H and O–H groups in total. The molecule has 2 aromatic rings. The standard InChI is InChI=1S/C14H13FN2O/c15-12-7-6-10(8-13(12)16)14(18)9-17-11-4-2-1-3-5-11/h1-8,17H,9,16H2. The second-order valence-corrected chi connectivity index (χ2v) is 3.88. The molecule has 0 amide bonds. The number of anilines is 2. The summed E-state index contributed by atoms with van der Waals surface area (Å²) in [5, 5.41) is 2.99. The molecular formula is C14H13FN2O. The summed E-state index contributed by atoms with van der Waals surface area (Å²) < 4.78 is 13.0. The van der Waals surface area contributed by atoms with Crippen LogP contribution in [0.5, 0.6) is 0 Å². The van der Waals surface area contributed by atoms with Crippen LogP contribution in [0, 0.1) is 5.82 Å². The normalized spacial score (nSPS) is 10.1. The van der Waals surface area contributed by atoms with Crippen molar-refractivity contribution >= 4 is 17.2 Å². The van der Waals surface area contributed by atoms with Gasteiger partial charge in [-0.15, -0.1) is 0 Å². The number of nitrogens with two attached hydrogens (primary N) is 1. The number of hydrogen-bond donors (Lipinski definition) is 2. The first-order valence-electron chi connectivity index (χ1n) is 5.54. The molecule has 0 spiro atoms. The fourth-order valence-corrected chi connectivity index (χ4v) is 1.56. The molecule has 4 heteroatoms. The summed E-state index contributed by atoms with van der Waals surface area (Å²) in [7, 11) is 0. The largest absolute Gasteiger partial charge is 0.396 e. The van der Waals surface area contributed by atoms with Crippen molar-refractivity contribution < 1.29 is 9.18 Å². The van der Waals surface area contributed by atoms with Crippen molar-refractivity contribution in [1.82, 2.24) is 0 Å². The lowest BCUT2D eigenvalue weighted by Crippen LogP contribution is -2.14. The van der Waals surface area contributed by atoms with Crippen molar-refractivity contribution in [2.75, 3.05) is 17.6 Å². The zero-order chi connectivity index (χ0) is 13.0. The van der Waals surface area contributed by atoms with Gasteiger partial charge in [0.1, 0.15) is 5.82 Å². The fourth-order valence-electron chi connectivity index (χ4n) is 1.56. The number of hydrogen-bond acceptors (Lipinski definition) is 3. The van der Waals surface area contributed by atoms with Gasteiger partial charge in [-0.05, 0) is 30.3 Å². The van der Waals surface area contributed by atoms with E-state index in [0.29, 0.717) is 5.56 Å². The number of nitrogens with one attached hydrogen (secondary N) is 1. The maximum absolute atomic E-state index is 13.0. The van der Waals surface area contributed by atoms with E-state index in [4.69, 9.17) is 5.73 Å². The molecule has 2 rings (SSSR count). The second-order valence-electron chi connectivity index (χ2n) is 3.88. The maximum atomic E-state index is 13.0. The van der Waals surface area contributed by atoms with E-state index in [1.54, 1.807) is 0 Å². The number of benzene rings is 2. The summed E-state index contributed by atoms with van der Waals surface area (Å²) in [6.45, 7) is 0.148. The van der Waals surface area contributed by atoms with E-state index in [0.717, 1.165) is 5.69 Å². The van der Waals surface area contributed by atoms with E-state index in [2.05, 4.69) is 5.32 Å². The average molecular weight is 244 g/mol. The molecule has 92 valence electrons. The monoisotopic (exact) mass is 244 g/mol. The molecular weight excluding hydrogens is 231 g/mol. The Bertz CT molecular complexity index is 555. The molecule has 0 unspecified atom stereocenters. The van der Waals surface area contributed by atoms with Crippen LogP contribution in [0.1, 0.15) is 10.4 Å². The van der Waals surface area contributed by atoms with Gasteiger partial charge in [-0.2, -0.15) is 0 Å². The minimum atomic E-state index is -0.512. The van der Waals surface area contributed by atoms with Gasteiger partial charge in [0.15, 0.2) is 5.78 Å². The molecule has 0 atom stereocenters. The quantitative estimate of drug-likeness (QED) is 0.642. The van der Waals surface area contributed by atoms with Gasteiger partial charge in [0.25, 0.3) is 0 Å². The lowest BCUT2D eigenvalue weighted by molar-refractivity contribution is 0.101. The summed E-state index contributed by atoms with van der Waals surface area (Å²) >= 11 is 0. The predicted octanol–water partition coefficient (Wildman–Crippen LogP) is 2.70. The van der Waals surface area contributed by atoms with Crippen LogP contribution < -0.4 is 11.1 Å². The number of ketones is 1. The van der Waals surface area contributed by atoms with Gasteiger partial charge in [-0.3, -0.25) is 4.79 Å². The van der Waals surface area contributed by atoms with Crippen LogP contribution in [-0.2, 0) is 0 Å². The van der Waals surface area contributed by atoms with Gasteiger partial charge in [0, 0.05) is 11.3 Å². The summed E-state index contributed by atoms with van der Waals surface area (Å²) in [4.78, 5) is 11.8. The van der Waals surface area contributed by atoms with Crippen LogP contribution in [0.25, 0.3) is 0 Å². The molecule has 0 bridgehead atoms. The summed E-state index contributed by atoms with van der Waals surface area (Å²) in [5.74, 6) is -0.645. The Morgan fingerprint density at radius 3 is 2.56 bits per heavy atom. The lowest BCUT2D eigenvalue weighted by atomic mass is 10.1. The second kappa shape index (κ2) is 5.31. The molecule has 0 fully saturated rings. The summed E-state index contributed by atoms with van der Waals surface area (Å²) in [5.41, 5.74) is 6.67. The van der Waals surface area contributed by atoms with Crippen LogP contribution in [0.4, 0.5) is 15.8 Å². The summed E-state index contributed by atoms with van der Waals surface area (Å²) in [6, 6.07) is 13.4. The van der Waals surface area contributed by atoms with E-state index in [9.17, 15) is 9.18 Å². The zero-order valence-corrected chi connectivity index (χ0v) is 9.69. The third-order valence-electron chi connectivity index (χ3n) is 2.54.